The smallest absolute Gasteiger partial charge is 0.130 e. The average Bonchev–Trinajstić information content (AvgIpc) is 2.45. The first-order valence-electron chi connectivity index (χ1n) is 6.92. The van der Waals surface area contributed by atoms with Gasteiger partial charge in [0.15, 0.2) is 0 Å². The molecular formula is C17H21NO3. The Balaban J connectivity index is 2.11. The Morgan fingerprint density at radius 2 is 1.95 bits per heavy atom. The summed E-state index contributed by atoms with van der Waals surface area (Å²) in [6.45, 7) is 6.02. The van der Waals surface area contributed by atoms with E-state index >= 15 is 0 Å². The zero-order valence-corrected chi connectivity index (χ0v) is 12.9. The summed E-state index contributed by atoms with van der Waals surface area (Å²) in [7, 11) is 1.64. The van der Waals surface area contributed by atoms with Crippen LogP contribution in [0, 0.1) is 13.8 Å². The lowest BCUT2D eigenvalue weighted by molar-refractivity contribution is 0.199. The molecule has 0 spiro atoms. The largest absolute Gasteiger partial charge is 0.497 e. The average molecular weight is 287 g/mol. The van der Waals surface area contributed by atoms with Crippen LogP contribution in [-0.2, 0) is 6.61 Å². The number of aromatic nitrogens is 1. The lowest BCUT2D eigenvalue weighted by Crippen LogP contribution is -2.02. The highest BCUT2D eigenvalue weighted by atomic mass is 16.5. The molecule has 1 aromatic carbocycles. The van der Waals surface area contributed by atoms with E-state index in [-0.39, 0.29) is 0 Å². The molecule has 0 fully saturated rings. The maximum Gasteiger partial charge on any atom is 0.130 e. The topological polar surface area (TPSA) is 51.6 Å². The molecular weight excluding hydrogens is 266 g/mol. The van der Waals surface area contributed by atoms with Crippen molar-refractivity contribution in [3.8, 4) is 11.5 Å². The van der Waals surface area contributed by atoms with Gasteiger partial charge in [-0.25, -0.2) is 0 Å². The number of hydrogen-bond acceptors (Lipinski definition) is 4. The standard InChI is InChI=1S/C17H21NO3/c1-11-7-14(13(3)19)5-6-17(11)21-10-15-9-16(20-4)8-12(2)18-15/h5-9,13,19H,10H2,1-4H3/t13-/m0/s1. The minimum atomic E-state index is -0.472. The first kappa shape index (κ1) is 15.3. The van der Waals surface area contributed by atoms with E-state index < -0.39 is 6.10 Å². The van der Waals surface area contributed by atoms with E-state index in [1.165, 1.54) is 0 Å². The predicted octanol–water partition coefficient (Wildman–Crippen LogP) is 3.34. The van der Waals surface area contributed by atoms with E-state index in [0.717, 1.165) is 34.0 Å². The van der Waals surface area contributed by atoms with Crippen LogP contribution in [0.4, 0.5) is 0 Å². The van der Waals surface area contributed by atoms with Crippen LogP contribution in [0.1, 0.15) is 35.5 Å². The van der Waals surface area contributed by atoms with Crippen LogP contribution in [0.3, 0.4) is 0 Å². The first-order chi connectivity index (χ1) is 9.99. The number of methoxy groups -OCH3 is 1. The van der Waals surface area contributed by atoms with Crippen molar-refractivity contribution in [2.75, 3.05) is 7.11 Å². The highest BCUT2D eigenvalue weighted by Gasteiger charge is 2.07. The Hall–Kier alpha value is -2.07. The van der Waals surface area contributed by atoms with Crippen LogP contribution in [0.15, 0.2) is 30.3 Å². The van der Waals surface area contributed by atoms with Crippen LogP contribution < -0.4 is 9.47 Å². The Kier molecular flexibility index (Phi) is 4.81. The van der Waals surface area contributed by atoms with Gasteiger partial charge in [0.05, 0.1) is 18.9 Å². The number of aliphatic hydroxyl groups excluding tert-OH is 1. The highest BCUT2D eigenvalue weighted by molar-refractivity contribution is 5.37. The maximum atomic E-state index is 9.57. The van der Waals surface area contributed by atoms with Crippen molar-refractivity contribution >= 4 is 0 Å². The fraction of sp³-hybridized carbons (Fsp3) is 0.353. The molecule has 2 rings (SSSR count). The van der Waals surface area contributed by atoms with Gasteiger partial charge in [0.1, 0.15) is 18.1 Å². The molecule has 0 aliphatic rings. The number of nitrogens with zero attached hydrogens (tertiary/aromatic N) is 1. The fourth-order valence-electron chi connectivity index (χ4n) is 2.14. The summed E-state index contributed by atoms with van der Waals surface area (Å²) in [4.78, 5) is 4.43. The third-order valence-corrected chi connectivity index (χ3v) is 3.27. The van der Waals surface area contributed by atoms with Gasteiger partial charge in [0.2, 0.25) is 0 Å². The number of aliphatic hydroxyl groups is 1. The molecule has 0 amide bonds. The summed E-state index contributed by atoms with van der Waals surface area (Å²) in [6.07, 6.45) is -0.472. The van der Waals surface area contributed by atoms with Gasteiger partial charge in [-0.05, 0) is 44.0 Å². The SMILES string of the molecule is COc1cc(C)nc(COc2ccc([C@H](C)O)cc2C)c1. The van der Waals surface area contributed by atoms with Gasteiger partial charge in [-0.1, -0.05) is 6.07 Å². The second-order valence-electron chi connectivity index (χ2n) is 5.13. The summed E-state index contributed by atoms with van der Waals surface area (Å²) >= 11 is 0. The Bertz CT molecular complexity index is 623. The molecule has 1 heterocycles. The molecule has 1 N–H and O–H groups in total. The molecule has 4 nitrogen and oxygen atoms in total. The van der Waals surface area contributed by atoms with Crippen molar-refractivity contribution in [2.45, 2.75) is 33.5 Å². The number of hydrogen-bond donors (Lipinski definition) is 1. The van der Waals surface area contributed by atoms with Gasteiger partial charge in [0.25, 0.3) is 0 Å². The van der Waals surface area contributed by atoms with Crippen LogP contribution in [-0.4, -0.2) is 17.2 Å². The summed E-state index contributed by atoms with van der Waals surface area (Å²) < 4.78 is 11.0. The lowest BCUT2D eigenvalue weighted by Gasteiger charge is -2.12. The molecule has 2 aromatic rings. The van der Waals surface area contributed by atoms with Crippen LogP contribution >= 0.6 is 0 Å². The van der Waals surface area contributed by atoms with Gasteiger partial charge in [-0.3, -0.25) is 4.98 Å². The molecule has 0 saturated carbocycles. The van der Waals surface area contributed by atoms with E-state index in [2.05, 4.69) is 4.98 Å². The molecule has 0 aliphatic heterocycles. The van der Waals surface area contributed by atoms with Crippen molar-refractivity contribution in [1.82, 2.24) is 4.98 Å². The van der Waals surface area contributed by atoms with Gasteiger partial charge in [-0.2, -0.15) is 0 Å². The Morgan fingerprint density at radius 1 is 1.19 bits per heavy atom. The van der Waals surface area contributed by atoms with E-state index in [9.17, 15) is 5.11 Å². The Labute approximate surface area is 125 Å². The molecule has 112 valence electrons. The van der Waals surface area contributed by atoms with Crippen LogP contribution in [0.2, 0.25) is 0 Å². The molecule has 0 bridgehead atoms. The van der Waals surface area contributed by atoms with Gasteiger partial charge in [0, 0.05) is 17.8 Å². The normalized spacial score (nSPS) is 12.0. The molecule has 4 heteroatoms. The van der Waals surface area contributed by atoms with Crippen molar-refractivity contribution in [1.29, 1.82) is 0 Å². The number of aryl methyl sites for hydroxylation is 2. The second kappa shape index (κ2) is 6.59. The second-order valence-corrected chi connectivity index (χ2v) is 5.13. The minimum Gasteiger partial charge on any atom is -0.497 e. The van der Waals surface area contributed by atoms with Gasteiger partial charge < -0.3 is 14.6 Å². The quantitative estimate of drug-likeness (QED) is 0.916. The lowest BCUT2D eigenvalue weighted by atomic mass is 10.1. The van der Waals surface area contributed by atoms with Crippen molar-refractivity contribution in [3.05, 3.63) is 52.8 Å². The fourth-order valence-corrected chi connectivity index (χ4v) is 2.14. The summed E-state index contributed by atoms with van der Waals surface area (Å²) in [5, 5.41) is 9.57. The van der Waals surface area contributed by atoms with E-state index in [1.54, 1.807) is 14.0 Å². The van der Waals surface area contributed by atoms with Gasteiger partial charge in [-0.15, -0.1) is 0 Å². The summed E-state index contributed by atoms with van der Waals surface area (Å²) in [6, 6.07) is 9.44. The third kappa shape index (κ3) is 3.95. The first-order valence-corrected chi connectivity index (χ1v) is 6.92. The Morgan fingerprint density at radius 3 is 2.57 bits per heavy atom. The molecule has 0 radical (unpaired) electrons. The van der Waals surface area contributed by atoms with Crippen molar-refractivity contribution in [2.24, 2.45) is 0 Å². The van der Waals surface area contributed by atoms with Crippen LogP contribution in [0.25, 0.3) is 0 Å². The molecule has 1 atom stereocenters. The molecule has 0 unspecified atom stereocenters. The number of rotatable bonds is 5. The zero-order chi connectivity index (χ0) is 15.4. The molecule has 0 aliphatic carbocycles. The monoisotopic (exact) mass is 287 g/mol. The molecule has 0 saturated heterocycles. The maximum absolute atomic E-state index is 9.57. The van der Waals surface area contributed by atoms with E-state index in [0.29, 0.717) is 6.61 Å². The highest BCUT2D eigenvalue weighted by Crippen LogP contribution is 2.24. The summed E-state index contributed by atoms with van der Waals surface area (Å²) in [5.41, 5.74) is 3.60. The summed E-state index contributed by atoms with van der Waals surface area (Å²) in [5.74, 6) is 1.57. The van der Waals surface area contributed by atoms with Crippen molar-refractivity contribution in [3.63, 3.8) is 0 Å². The van der Waals surface area contributed by atoms with Crippen molar-refractivity contribution < 1.29 is 14.6 Å². The number of benzene rings is 1. The molecule has 21 heavy (non-hydrogen) atoms. The van der Waals surface area contributed by atoms with Crippen LogP contribution in [0.5, 0.6) is 11.5 Å². The van der Waals surface area contributed by atoms with Gasteiger partial charge >= 0.3 is 0 Å². The van der Waals surface area contributed by atoms with E-state index in [4.69, 9.17) is 9.47 Å². The zero-order valence-electron chi connectivity index (χ0n) is 12.9. The molecule has 1 aromatic heterocycles. The van der Waals surface area contributed by atoms with E-state index in [1.807, 2.05) is 44.2 Å². The minimum absolute atomic E-state index is 0.382. The number of ether oxygens (including phenoxy) is 2. The third-order valence-electron chi connectivity index (χ3n) is 3.27. The number of pyridine rings is 1. The predicted molar refractivity (Wildman–Crippen MR) is 81.7 cm³/mol.